The van der Waals surface area contributed by atoms with Crippen LogP contribution in [0.4, 0.5) is 0 Å². The van der Waals surface area contributed by atoms with E-state index in [9.17, 15) is 5.26 Å². The van der Waals surface area contributed by atoms with Crippen LogP contribution in [0.25, 0.3) is 33.5 Å². The van der Waals surface area contributed by atoms with Crippen LogP contribution in [0.5, 0.6) is 0 Å². The number of para-hydroxylation sites is 4. The summed E-state index contributed by atoms with van der Waals surface area (Å²) in [5.74, 6) is 1.03. The molecule has 142 valence electrons. The maximum absolute atomic E-state index is 9.96. The van der Waals surface area contributed by atoms with Gasteiger partial charge < -0.3 is 0 Å². The number of unbranched alkanes of at least 4 members (excludes halogenated alkanes) is 1. The number of nitriles is 1. The molecule has 5 aromatic rings. The van der Waals surface area contributed by atoms with E-state index >= 15 is 0 Å². The van der Waals surface area contributed by atoms with Gasteiger partial charge in [-0.15, -0.1) is 0 Å². The fourth-order valence-corrected chi connectivity index (χ4v) is 4.20. The molecule has 0 bridgehead atoms. The number of imidazole rings is 2. The molecule has 0 aliphatic rings. The smallest absolute Gasteiger partial charge is 0.157 e. The Balaban J connectivity index is 2.01. The van der Waals surface area contributed by atoms with E-state index in [4.69, 9.17) is 4.98 Å². The standard InChI is InChI=1S/C24H21N5/c1-3-4-9-17-16(2)18(14-25)23-27-20-11-6-8-13-22(20)29(23)24(17)28-15-26-19-10-5-7-12-21(19)28/h5-8,10-13,15H,3-4,9H2,1-2H3. The summed E-state index contributed by atoms with van der Waals surface area (Å²) in [7, 11) is 0. The highest BCUT2D eigenvalue weighted by atomic mass is 15.2. The van der Waals surface area contributed by atoms with E-state index in [1.54, 1.807) is 0 Å². The van der Waals surface area contributed by atoms with Crippen molar-refractivity contribution in [1.29, 1.82) is 5.26 Å². The van der Waals surface area contributed by atoms with Crippen LogP contribution in [0.3, 0.4) is 0 Å². The first kappa shape index (κ1) is 17.4. The third kappa shape index (κ3) is 2.53. The Labute approximate surface area is 168 Å². The van der Waals surface area contributed by atoms with Crippen LogP contribution < -0.4 is 0 Å². The number of hydrogen-bond donors (Lipinski definition) is 0. The molecule has 5 nitrogen and oxygen atoms in total. The molecular weight excluding hydrogens is 358 g/mol. The fourth-order valence-electron chi connectivity index (χ4n) is 4.20. The molecule has 0 spiro atoms. The lowest BCUT2D eigenvalue weighted by molar-refractivity contribution is 0.777. The molecule has 0 saturated carbocycles. The van der Waals surface area contributed by atoms with Crippen LogP contribution in [-0.4, -0.2) is 18.9 Å². The normalized spacial score (nSPS) is 11.5. The summed E-state index contributed by atoms with van der Waals surface area (Å²) in [4.78, 5) is 9.45. The quantitative estimate of drug-likeness (QED) is 0.423. The first-order valence-electron chi connectivity index (χ1n) is 9.99. The van der Waals surface area contributed by atoms with Crippen LogP contribution in [0.15, 0.2) is 54.9 Å². The molecule has 0 N–H and O–H groups in total. The summed E-state index contributed by atoms with van der Waals surface area (Å²) in [5.41, 5.74) is 7.45. The third-order valence-corrected chi connectivity index (χ3v) is 5.67. The van der Waals surface area contributed by atoms with Gasteiger partial charge in [-0.05, 0) is 55.2 Å². The fraction of sp³-hybridized carbons (Fsp3) is 0.208. The van der Waals surface area contributed by atoms with Crippen LogP contribution in [0.1, 0.15) is 36.5 Å². The molecule has 3 heterocycles. The van der Waals surface area contributed by atoms with Gasteiger partial charge in [-0.25, -0.2) is 9.97 Å². The maximum Gasteiger partial charge on any atom is 0.157 e. The van der Waals surface area contributed by atoms with Gasteiger partial charge in [0.25, 0.3) is 0 Å². The van der Waals surface area contributed by atoms with Crippen molar-refractivity contribution in [2.45, 2.75) is 33.1 Å². The van der Waals surface area contributed by atoms with Crippen LogP contribution in [-0.2, 0) is 6.42 Å². The molecule has 29 heavy (non-hydrogen) atoms. The number of pyridine rings is 1. The van der Waals surface area contributed by atoms with Crippen LogP contribution >= 0.6 is 0 Å². The van der Waals surface area contributed by atoms with Gasteiger partial charge in [-0.3, -0.25) is 8.97 Å². The second-order valence-corrected chi connectivity index (χ2v) is 7.38. The summed E-state index contributed by atoms with van der Waals surface area (Å²) in [6.07, 6.45) is 4.94. The molecular formula is C24H21N5. The molecule has 0 fully saturated rings. The molecule has 0 atom stereocenters. The molecule has 0 amide bonds. The number of rotatable bonds is 4. The van der Waals surface area contributed by atoms with Gasteiger partial charge >= 0.3 is 0 Å². The minimum absolute atomic E-state index is 0.653. The second-order valence-electron chi connectivity index (χ2n) is 7.38. The highest BCUT2D eigenvalue weighted by molar-refractivity contribution is 5.86. The predicted molar refractivity (Wildman–Crippen MR) is 115 cm³/mol. The van der Waals surface area contributed by atoms with E-state index in [-0.39, 0.29) is 0 Å². The van der Waals surface area contributed by atoms with Gasteiger partial charge in [0.15, 0.2) is 5.65 Å². The van der Waals surface area contributed by atoms with Crippen molar-refractivity contribution in [3.63, 3.8) is 0 Å². The van der Waals surface area contributed by atoms with Crippen molar-refractivity contribution in [2.75, 3.05) is 0 Å². The Morgan fingerprint density at radius 3 is 2.48 bits per heavy atom. The number of hydrogen-bond acceptors (Lipinski definition) is 3. The minimum atomic E-state index is 0.653. The average Bonchev–Trinajstić information content (AvgIpc) is 3.34. The zero-order valence-electron chi connectivity index (χ0n) is 16.6. The zero-order chi connectivity index (χ0) is 20.0. The topological polar surface area (TPSA) is 58.9 Å². The largest absolute Gasteiger partial charge is 0.284 e. The van der Waals surface area contributed by atoms with Crippen LogP contribution in [0.2, 0.25) is 0 Å². The number of fused-ring (bicyclic) bond motifs is 4. The molecule has 0 unspecified atom stereocenters. The van der Waals surface area contributed by atoms with E-state index in [1.807, 2.05) is 49.6 Å². The Morgan fingerprint density at radius 1 is 1.00 bits per heavy atom. The lowest BCUT2D eigenvalue weighted by Crippen LogP contribution is -2.11. The molecule has 0 saturated heterocycles. The van der Waals surface area contributed by atoms with Crippen molar-refractivity contribution >= 4 is 27.7 Å². The number of benzene rings is 2. The molecule has 0 aliphatic carbocycles. The first-order valence-corrected chi connectivity index (χ1v) is 9.99. The molecule has 0 aliphatic heterocycles. The van der Waals surface area contributed by atoms with Crippen molar-refractivity contribution in [3.05, 3.63) is 71.5 Å². The van der Waals surface area contributed by atoms with Crippen molar-refractivity contribution in [3.8, 4) is 11.9 Å². The molecule has 3 aromatic heterocycles. The van der Waals surface area contributed by atoms with Crippen LogP contribution in [0, 0.1) is 18.3 Å². The number of aromatic nitrogens is 4. The van der Waals surface area contributed by atoms with Gasteiger partial charge in [-0.1, -0.05) is 37.6 Å². The summed E-state index contributed by atoms with van der Waals surface area (Å²) < 4.78 is 4.29. The second kappa shape index (κ2) is 6.75. The molecule has 0 radical (unpaired) electrons. The monoisotopic (exact) mass is 379 g/mol. The van der Waals surface area contributed by atoms with Crippen molar-refractivity contribution in [1.82, 2.24) is 18.9 Å². The minimum Gasteiger partial charge on any atom is -0.284 e. The summed E-state index contributed by atoms with van der Waals surface area (Å²) >= 11 is 0. The van der Waals surface area contributed by atoms with E-state index in [0.29, 0.717) is 11.2 Å². The van der Waals surface area contributed by atoms with Crippen molar-refractivity contribution < 1.29 is 0 Å². The summed E-state index contributed by atoms with van der Waals surface area (Å²) in [6.45, 7) is 4.24. The summed E-state index contributed by atoms with van der Waals surface area (Å²) in [5, 5.41) is 9.96. The van der Waals surface area contributed by atoms with E-state index in [0.717, 1.165) is 52.7 Å². The zero-order valence-corrected chi connectivity index (χ0v) is 16.6. The Morgan fingerprint density at radius 2 is 1.72 bits per heavy atom. The van der Waals surface area contributed by atoms with Gasteiger partial charge in [0.2, 0.25) is 0 Å². The molecule has 5 rings (SSSR count). The van der Waals surface area contributed by atoms with Gasteiger partial charge in [-0.2, -0.15) is 5.26 Å². The molecule has 2 aromatic carbocycles. The summed E-state index contributed by atoms with van der Waals surface area (Å²) in [6, 6.07) is 18.6. The van der Waals surface area contributed by atoms with E-state index in [1.165, 1.54) is 5.56 Å². The van der Waals surface area contributed by atoms with Gasteiger partial charge in [0.1, 0.15) is 18.2 Å². The third-order valence-electron chi connectivity index (χ3n) is 5.67. The maximum atomic E-state index is 9.96. The highest BCUT2D eigenvalue weighted by Gasteiger charge is 2.22. The average molecular weight is 379 g/mol. The predicted octanol–water partition coefficient (Wildman–Crippen LogP) is 5.35. The van der Waals surface area contributed by atoms with Crippen molar-refractivity contribution in [2.24, 2.45) is 0 Å². The van der Waals surface area contributed by atoms with Gasteiger partial charge in [0, 0.05) is 0 Å². The Hall–Kier alpha value is -3.65. The first-order chi connectivity index (χ1) is 14.2. The Kier molecular flexibility index (Phi) is 4.06. The Bertz CT molecular complexity index is 1410. The van der Waals surface area contributed by atoms with E-state index in [2.05, 4.69) is 39.1 Å². The SMILES string of the molecule is CCCCc1c(C)c(C#N)c2nc3ccccc3n2c1-n1cnc2ccccc21. The lowest BCUT2D eigenvalue weighted by Gasteiger charge is -2.18. The highest BCUT2D eigenvalue weighted by Crippen LogP contribution is 2.32. The van der Waals surface area contributed by atoms with E-state index < -0.39 is 0 Å². The molecule has 5 heteroatoms. The number of nitrogens with zero attached hydrogens (tertiary/aromatic N) is 5. The van der Waals surface area contributed by atoms with Gasteiger partial charge in [0.05, 0.1) is 27.6 Å². The lowest BCUT2D eigenvalue weighted by atomic mass is 9.99.